The summed E-state index contributed by atoms with van der Waals surface area (Å²) in [6, 6.07) is 6.11. The highest BCUT2D eigenvalue weighted by molar-refractivity contribution is 7.07. The summed E-state index contributed by atoms with van der Waals surface area (Å²) in [5.74, 6) is -0.166. The van der Waals surface area contributed by atoms with Gasteiger partial charge in [0.05, 0.1) is 11.2 Å². The van der Waals surface area contributed by atoms with Crippen LogP contribution in [0.15, 0.2) is 35.2 Å². The zero-order chi connectivity index (χ0) is 14.4. The Kier molecular flexibility index (Phi) is 4.97. The first-order chi connectivity index (χ1) is 9.54. The van der Waals surface area contributed by atoms with Gasteiger partial charge in [-0.25, -0.2) is 4.98 Å². The van der Waals surface area contributed by atoms with Gasteiger partial charge in [0.15, 0.2) is 0 Å². The van der Waals surface area contributed by atoms with Gasteiger partial charge in [0, 0.05) is 30.5 Å². The van der Waals surface area contributed by atoms with Gasteiger partial charge >= 0.3 is 6.36 Å². The lowest BCUT2D eigenvalue weighted by atomic mass is 10.2. The van der Waals surface area contributed by atoms with Crippen LogP contribution in [0.5, 0.6) is 5.75 Å². The van der Waals surface area contributed by atoms with Gasteiger partial charge in [-0.1, -0.05) is 18.2 Å². The summed E-state index contributed by atoms with van der Waals surface area (Å²) in [6.07, 6.45) is -3.93. The molecule has 3 nitrogen and oxygen atoms in total. The van der Waals surface area contributed by atoms with Crippen molar-refractivity contribution in [2.24, 2.45) is 0 Å². The van der Waals surface area contributed by atoms with Crippen LogP contribution in [0.25, 0.3) is 0 Å². The summed E-state index contributed by atoms with van der Waals surface area (Å²) >= 11 is 1.52. The van der Waals surface area contributed by atoms with E-state index < -0.39 is 6.36 Å². The average Bonchev–Trinajstić information content (AvgIpc) is 2.88. The van der Waals surface area contributed by atoms with Crippen LogP contribution in [0.1, 0.15) is 11.3 Å². The number of hydrogen-bond donors (Lipinski definition) is 1. The molecule has 2 rings (SSSR count). The van der Waals surface area contributed by atoms with Crippen LogP contribution in [0, 0.1) is 0 Å². The topological polar surface area (TPSA) is 34.1 Å². The van der Waals surface area contributed by atoms with E-state index in [9.17, 15) is 13.2 Å². The number of nitrogens with zero attached hydrogens (tertiary/aromatic N) is 1. The van der Waals surface area contributed by atoms with Crippen molar-refractivity contribution in [2.75, 3.05) is 6.54 Å². The molecule has 0 aliphatic carbocycles. The number of thiazole rings is 1. The minimum Gasteiger partial charge on any atom is -0.405 e. The maximum Gasteiger partial charge on any atom is 0.573 e. The molecule has 1 aromatic heterocycles. The minimum atomic E-state index is -4.67. The van der Waals surface area contributed by atoms with E-state index in [0.29, 0.717) is 18.7 Å². The Morgan fingerprint density at radius 1 is 1.25 bits per heavy atom. The first kappa shape index (κ1) is 14.8. The van der Waals surface area contributed by atoms with Crippen molar-refractivity contribution in [3.63, 3.8) is 0 Å². The quantitative estimate of drug-likeness (QED) is 0.831. The van der Waals surface area contributed by atoms with Gasteiger partial charge in [-0.2, -0.15) is 0 Å². The van der Waals surface area contributed by atoms with Crippen LogP contribution in [0.4, 0.5) is 13.2 Å². The van der Waals surface area contributed by atoms with Gasteiger partial charge in [0.2, 0.25) is 0 Å². The Bertz CT molecular complexity index is 529. The molecule has 2 aromatic rings. The predicted molar refractivity (Wildman–Crippen MR) is 70.6 cm³/mol. The second kappa shape index (κ2) is 6.71. The zero-order valence-electron chi connectivity index (χ0n) is 10.5. The number of nitrogens with one attached hydrogen (secondary N) is 1. The lowest BCUT2D eigenvalue weighted by Gasteiger charge is -2.13. The molecular weight excluding hydrogens is 289 g/mol. The molecule has 0 radical (unpaired) electrons. The van der Waals surface area contributed by atoms with E-state index in [-0.39, 0.29) is 5.75 Å². The molecule has 0 fully saturated rings. The molecule has 0 spiro atoms. The average molecular weight is 302 g/mol. The van der Waals surface area contributed by atoms with Gasteiger partial charge in [0.25, 0.3) is 0 Å². The van der Waals surface area contributed by atoms with E-state index in [1.165, 1.54) is 23.5 Å². The summed E-state index contributed by atoms with van der Waals surface area (Å²) in [5, 5.41) is 5.03. The van der Waals surface area contributed by atoms with E-state index in [1.807, 2.05) is 5.38 Å². The summed E-state index contributed by atoms with van der Waals surface area (Å²) in [6.45, 7) is 0.959. The van der Waals surface area contributed by atoms with Crippen molar-refractivity contribution in [1.29, 1.82) is 0 Å². The Labute approximate surface area is 118 Å². The van der Waals surface area contributed by atoms with Crippen molar-refractivity contribution in [3.8, 4) is 5.75 Å². The Balaban J connectivity index is 1.86. The molecule has 0 atom stereocenters. The van der Waals surface area contributed by atoms with Crippen molar-refractivity contribution in [3.05, 3.63) is 46.4 Å². The highest BCUT2D eigenvalue weighted by Gasteiger charge is 2.31. The third kappa shape index (κ3) is 4.82. The molecule has 0 aliphatic rings. The second-order valence-corrected chi connectivity index (χ2v) is 4.78. The molecule has 1 N–H and O–H groups in total. The molecule has 0 bridgehead atoms. The summed E-state index contributed by atoms with van der Waals surface area (Å²) in [4.78, 5) is 4.13. The van der Waals surface area contributed by atoms with Crippen LogP contribution in [-0.2, 0) is 13.0 Å². The number of para-hydroxylation sites is 1. The summed E-state index contributed by atoms with van der Waals surface area (Å²) in [5.41, 5.74) is 3.20. The zero-order valence-corrected chi connectivity index (χ0v) is 11.3. The Hall–Kier alpha value is -1.60. The van der Waals surface area contributed by atoms with E-state index in [1.54, 1.807) is 17.6 Å². The second-order valence-electron chi connectivity index (χ2n) is 4.06. The normalized spacial score (nSPS) is 11.6. The Morgan fingerprint density at radius 2 is 2.05 bits per heavy atom. The Morgan fingerprint density at radius 3 is 2.75 bits per heavy atom. The van der Waals surface area contributed by atoms with Crippen LogP contribution < -0.4 is 10.1 Å². The maximum atomic E-state index is 12.2. The molecule has 20 heavy (non-hydrogen) atoms. The highest BCUT2D eigenvalue weighted by atomic mass is 32.1. The number of alkyl halides is 3. The lowest BCUT2D eigenvalue weighted by Crippen LogP contribution is -2.21. The van der Waals surface area contributed by atoms with E-state index in [2.05, 4.69) is 15.0 Å². The minimum absolute atomic E-state index is 0.166. The van der Waals surface area contributed by atoms with Gasteiger partial charge in [-0.05, 0) is 6.07 Å². The number of benzene rings is 1. The van der Waals surface area contributed by atoms with E-state index >= 15 is 0 Å². The first-order valence-electron chi connectivity index (χ1n) is 5.96. The van der Waals surface area contributed by atoms with Crippen LogP contribution in [-0.4, -0.2) is 17.9 Å². The van der Waals surface area contributed by atoms with Crippen LogP contribution >= 0.6 is 11.3 Å². The largest absolute Gasteiger partial charge is 0.573 e. The fraction of sp³-hybridized carbons (Fsp3) is 0.308. The van der Waals surface area contributed by atoms with Crippen molar-refractivity contribution >= 4 is 11.3 Å². The fourth-order valence-electron chi connectivity index (χ4n) is 1.67. The lowest BCUT2D eigenvalue weighted by molar-refractivity contribution is -0.274. The van der Waals surface area contributed by atoms with Crippen molar-refractivity contribution in [1.82, 2.24) is 10.3 Å². The van der Waals surface area contributed by atoms with Crippen LogP contribution in [0.2, 0.25) is 0 Å². The summed E-state index contributed by atoms with van der Waals surface area (Å²) in [7, 11) is 0. The molecule has 0 unspecified atom stereocenters. The SMILES string of the molecule is FC(F)(F)Oc1ccccc1CNCCc1cscn1. The number of aromatic nitrogens is 1. The number of rotatable bonds is 6. The molecule has 7 heteroatoms. The van der Waals surface area contributed by atoms with Crippen molar-refractivity contribution < 1.29 is 17.9 Å². The molecule has 0 amide bonds. The van der Waals surface area contributed by atoms with Gasteiger partial charge in [0.1, 0.15) is 5.75 Å². The molecule has 1 aromatic carbocycles. The molecule has 0 aliphatic heterocycles. The first-order valence-corrected chi connectivity index (χ1v) is 6.90. The van der Waals surface area contributed by atoms with Crippen molar-refractivity contribution in [2.45, 2.75) is 19.3 Å². The maximum absolute atomic E-state index is 12.2. The molecule has 0 saturated carbocycles. The monoisotopic (exact) mass is 302 g/mol. The standard InChI is InChI=1S/C13H13F3N2OS/c14-13(15,16)19-12-4-2-1-3-10(12)7-17-6-5-11-8-20-9-18-11/h1-4,8-9,17H,5-7H2. The number of hydrogen-bond acceptors (Lipinski definition) is 4. The van der Waals surface area contributed by atoms with Gasteiger partial charge in [-0.15, -0.1) is 24.5 Å². The van der Waals surface area contributed by atoms with Gasteiger partial charge < -0.3 is 10.1 Å². The highest BCUT2D eigenvalue weighted by Crippen LogP contribution is 2.25. The number of halogens is 3. The molecule has 108 valence electrons. The fourth-order valence-corrected chi connectivity index (χ4v) is 2.27. The van der Waals surface area contributed by atoms with E-state index in [4.69, 9.17) is 0 Å². The molecule has 1 heterocycles. The van der Waals surface area contributed by atoms with Gasteiger partial charge in [-0.3, -0.25) is 0 Å². The molecular formula is C13H13F3N2OS. The summed E-state index contributed by atoms with van der Waals surface area (Å²) < 4.78 is 40.7. The molecule has 0 saturated heterocycles. The van der Waals surface area contributed by atoms with E-state index in [0.717, 1.165) is 12.1 Å². The van der Waals surface area contributed by atoms with Crippen LogP contribution in [0.3, 0.4) is 0 Å². The smallest absolute Gasteiger partial charge is 0.405 e. The predicted octanol–water partition coefficient (Wildman–Crippen LogP) is 3.37. The third-order valence-electron chi connectivity index (χ3n) is 2.56. The number of ether oxygens (including phenoxy) is 1. The third-order valence-corrected chi connectivity index (χ3v) is 3.19.